The molecule has 1 fully saturated rings. The predicted molar refractivity (Wildman–Crippen MR) is 50.4 cm³/mol. The summed E-state index contributed by atoms with van der Waals surface area (Å²) in [6.45, 7) is 3.54. The summed E-state index contributed by atoms with van der Waals surface area (Å²) in [5.41, 5.74) is 0. The minimum absolute atomic E-state index is 0.159. The Morgan fingerprint density at radius 2 is 2.33 bits per heavy atom. The molecule has 5 heteroatoms. The molecule has 12 heavy (non-hydrogen) atoms. The summed E-state index contributed by atoms with van der Waals surface area (Å²) in [6.07, 6.45) is 2.99. The van der Waals surface area contributed by atoms with Crippen molar-refractivity contribution >= 4 is 26.9 Å². The Balaban J connectivity index is 2.28. The van der Waals surface area contributed by atoms with Crippen LogP contribution in [-0.4, -0.2) is 12.7 Å². The summed E-state index contributed by atoms with van der Waals surface area (Å²) < 4.78 is 24.8. The third-order valence-electron chi connectivity index (χ3n) is 2.06. The molecule has 0 aromatic carbocycles. The van der Waals surface area contributed by atoms with Gasteiger partial charge in [-0.15, -0.1) is 0 Å². The minimum atomic E-state index is -2.72. The fourth-order valence-corrected chi connectivity index (χ4v) is 2.41. The predicted octanol–water partition coefficient (Wildman–Crippen LogP) is 1.64. The highest BCUT2D eigenvalue weighted by Crippen LogP contribution is 2.41. The third kappa shape index (κ3) is 3.41. The molecule has 0 amide bonds. The van der Waals surface area contributed by atoms with Crippen LogP contribution in [0, 0.1) is 12.5 Å². The van der Waals surface area contributed by atoms with E-state index in [9.17, 15) is 8.42 Å². The molecule has 1 radical (unpaired) electrons. The van der Waals surface area contributed by atoms with Gasteiger partial charge >= 0.3 is 0 Å². The summed E-state index contributed by atoms with van der Waals surface area (Å²) in [5, 5.41) is 0. The molecule has 0 heterocycles. The van der Waals surface area contributed by atoms with Crippen molar-refractivity contribution in [1.82, 2.24) is 0 Å². The van der Waals surface area contributed by atoms with E-state index in [1.165, 1.54) is 6.61 Å². The number of hydrogen-bond acceptors (Lipinski definition) is 3. The van der Waals surface area contributed by atoms with Crippen LogP contribution in [0.2, 0.25) is 0 Å². The Morgan fingerprint density at radius 3 is 2.75 bits per heavy atom. The monoisotopic (exact) mass is 255 g/mol. The van der Waals surface area contributed by atoms with Crippen molar-refractivity contribution in [3.63, 3.8) is 0 Å². The van der Waals surface area contributed by atoms with Crippen molar-refractivity contribution in [1.29, 1.82) is 0 Å². The summed E-state index contributed by atoms with van der Waals surface area (Å²) in [4.78, 5) is 0. The zero-order chi connectivity index (χ0) is 9.19. The fraction of sp³-hybridized carbons (Fsp3) is 0.857. The molecule has 0 bridgehead atoms. The number of hydrogen-bond donors (Lipinski definition) is 1. The van der Waals surface area contributed by atoms with E-state index in [0.717, 1.165) is 19.3 Å². The number of alkyl halides is 1. The molecule has 1 aliphatic carbocycles. The van der Waals surface area contributed by atoms with Crippen molar-refractivity contribution in [3.05, 3.63) is 6.61 Å². The average molecular weight is 256 g/mol. The van der Waals surface area contributed by atoms with Gasteiger partial charge in [0.1, 0.15) is 6.61 Å². The Kier molecular flexibility index (Phi) is 3.55. The fourth-order valence-electron chi connectivity index (χ4n) is 1.49. The van der Waals surface area contributed by atoms with Crippen LogP contribution in [-0.2, 0) is 15.2 Å². The van der Waals surface area contributed by atoms with Gasteiger partial charge in [0.2, 0.25) is 0 Å². The largest absolute Gasteiger partial charge is 0.266 e. The summed E-state index contributed by atoms with van der Waals surface area (Å²) >= 11 is 3.56. The maximum Gasteiger partial charge on any atom is 0.257 e. The molecule has 1 rings (SSSR count). The van der Waals surface area contributed by atoms with E-state index >= 15 is 0 Å². The minimum Gasteiger partial charge on any atom is -0.266 e. The topological polar surface area (TPSA) is 43.4 Å². The highest BCUT2D eigenvalue weighted by molar-refractivity contribution is 9.10. The summed E-state index contributed by atoms with van der Waals surface area (Å²) in [6, 6.07) is 0. The first-order valence-electron chi connectivity index (χ1n) is 3.83. The van der Waals surface area contributed by atoms with Gasteiger partial charge in [0.05, 0.1) is 0 Å². The Morgan fingerprint density at radius 1 is 1.67 bits per heavy atom. The quantitative estimate of drug-likeness (QED) is 0.616. The lowest BCUT2D eigenvalue weighted by Crippen LogP contribution is -2.09. The molecule has 71 valence electrons. The number of halogens is 1. The van der Waals surface area contributed by atoms with Crippen molar-refractivity contribution in [2.45, 2.75) is 30.5 Å². The molecule has 3 nitrogen and oxygen atoms in total. The van der Waals surface area contributed by atoms with Crippen LogP contribution in [0.4, 0.5) is 0 Å². The van der Waals surface area contributed by atoms with E-state index in [1.807, 2.05) is 0 Å². The van der Waals surface area contributed by atoms with Crippen LogP contribution in [0.15, 0.2) is 0 Å². The molecular weight excluding hydrogens is 244 g/mol. The van der Waals surface area contributed by atoms with E-state index in [0.29, 0.717) is 0 Å². The van der Waals surface area contributed by atoms with Crippen LogP contribution in [0.5, 0.6) is 0 Å². The van der Waals surface area contributed by atoms with Crippen LogP contribution < -0.4 is 0 Å². The summed E-state index contributed by atoms with van der Waals surface area (Å²) in [5.74, 6) is 0.266. The lowest BCUT2D eigenvalue weighted by molar-refractivity contribution is 0.344. The maximum atomic E-state index is 10.1. The molecule has 0 spiro atoms. The van der Waals surface area contributed by atoms with Crippen LogP contribution in [0.1, 0.15) is 26.2 Å². The van der Waals surface area contributed by atoms with Gasteiger partial charge in [0.25, 0.3) is 11.0 Å². The van der Waals surface area contributed by atoms with E-state index in [2.05, 4.69) is 27.0 Å². The number of thiol groups is 1. The van der Waals surface area contributed by atoms with Gasteiger partial charge in [-0.1, -0.05) is 15.9 Å². The van der Waals surface area contributed by atoms with Gasteiger partial charge in [-0.25, -0.2) is 8.42 Å². The highest BCUT2D eigenvalue weighted by Gasteiger charge is 2.32. The molecule has 0 aromatic rings. The van der Waals surface area contributed by atoms with E-state index in [4.69, 9.17) is 0 Å². The highest BCUT2D eigenvalue weighted by atomic mass is 79.9. The van der Waals surface area contributed by atoms with Gasteiger partial charge in [-0.2, -0.15) is 0 Å². The lowest BCUT2D eigenvalue weighted by Gasteiger charge is -2.13. The summed E-state index contributed by atoms with van der Waals surface area (Å²) in [7, 11) is -2.72. The molecule has 0 N–H and O–H groups in total. The second-order valence-corrected chi connectivity index (χ2v) is 5.95. The Labute approximate surface area is 82.8 Å². The van der Waals surface area contributed by atoms with Crippen LogP contribution in [0.25, 0.3) is 0 Å². The Bertz CT molecular complexity index is 217. The standard InChI is InChI=1S/C7H12BrO3S/c1-7(8)3-2-6(4-7)5-11-12(9)10/h5-6,12H,2-4H2,1H3. The Hall–Kier alpha value is 0.390. The zero-order valence-corrected chi connectivity index (χ0v) is 9.31. The van der Waals surface area contributed by atoms with E-state index in [-0.39, 0.29) is 10.2 Å². The van der Waals surface area contributed by atoms with Crippen LogP contribution in [0.3, 0.4) is 0 Å². The molecule has 0 saturated heterocycles. The first-order chi connectivity index (χ1) is 5.49. The maximum absolute atomic E-state index is 10.1. The van der Waals surface area contributed by atoms with Crippen molar-refractivity contribution in [3.8, 4) is 0 Å². The van der Waals surface area contributed by atoms with Crippen LogP contribution >= 0.6 is 15.9 Å². The van der Waals surface area contributed by atoms with Crippen molar-refractivity contribution in [2.75, 3.05) is 0 Å². The molecule has 0 aliphatic heterocycles. The SMILES string of the molecule is CC1(Br)CCC([CH]O[SH](=O)=O)C1. The first kappa shape index (κ1) is 10.5. The number of rotatable bonds is 3. The smallest absolute Gasteiger partial charge is 0.257 e. The van der Waals surface area contributed by atoms with Crippen molar-refractivity contribution < 1.29 is 12.6 Å². The van der Waals surface area contributed by atoms with Gasteiger partial charge in [0, 0.05) is 4.32 Å². The van der Waals surface area contributed by atoms with Gasteiger partial charge < -0.3 is 0 Å². The molecule has 1 aliphatic rings. The van der Waals surface area contributed by atoms with Gasteiger partial charge in [0.15, 0.2) is 0 Å². The van der Waals surface area contributed by atoms with E-state index in [1.54, 1.807) is 0 Å². The zero-order valence-electron chi connectivity index (χ0n) is 6.83. The molecule has 0 aromatic heterocycles. The normalized spacial score (nSPS) is 36.1. The van der Waals surface area contributed by atoms with Crippen molar-refractivity contribution in [2.24, 2.45) is 5.92 Å². The lowest BCUT2D eigenvalue weighted by atomic mass is 10.1. The molecular formula is C7H12BrO3S. The van der Waals surface area contributed by atoms with E-state index < -0.39 is 11.0 Å². The second kappa shape index (κ2) is 4.07. The second-order valence-electron chi connectivity index (χ2n) is 3.38. The molecule has 2 atom stereocenters. The van der Waals surface area contributed by atoms with Gasteiger partial charge in [-0.05, 0) is 32.1 Å². The van der Waals surface area contributed by atoms with Gasteiger partial charge in [-0.3, -0.25) is 4.18 Å². The molecule has 1 saturated carbocycles. The first-order valence-corrected chi connectivity index (χ1v) is 5.72. The third-order valence-corrected chi connectivity index (χ3v) is 3.08. The molecule has 2 unspecified atom stereocenters. The average Bonchev–Trinajstić information content (AvgIpc) is 2.26.